The zero-order valence-electron chi connectivity index (χ0n) is 11.0. The fraction of sp³-hybridized carbons (Fsp3) is 0.267. The summed E-state index contributed by atoms with van der Waals surface area (Å²) >= 11 is 0. The van der Waals surface area contributed by atoms with Crippen molar-refractivity contribution in [2.75, 3.05) is 7.11 Å². The Kier molecular flexibility index (Phi) is 3.10. The Morgan fingerprint density at radius 3 is 2.90 bits per heavy atom. The number of rotatable bonds is 3. The van der Waals surface area contributed by atoms with Crippen molar-refractivity contribution in [1.29, 1.82) is 0 Å². The second kappa shape index (κ2) is 4.92. The van der Waals surface area contributed by atoms with E-state index in [9.17, 15) is 9.59 Å². The number of hydrogen-bond donors (Lipinski definition) is 0. The van der Waals surface area contributed by atoms with Gasteiger partial charge in [-0.25, -0.2) is 0 Å². The molecular formula is C15H13NO4. The van der Waals surface area contributed by atoms with Gasteiger partial charge in [-0.05, 0) is 12.5 Å². The molecule has 0 saturated heterocycles. The van der Waals surface area contributed by atoms with E-state index in [1.807, 2.05) is 0 Å². The van der Waals surface area contributed by atoms with E-state index in [-0.39, 0.29) is 5.78 Å². The zero-order valence-corrected chi connectivity index (χ0v) is 11.0. The molecule has 0 amide bonds. The molecule has 0 atom stereocenters. The third-order valence-electron chi connectivity index (χ3n) is 3.49. The fourth-order valence-electron chi connectivity index (χ4n) is 2.56. The highest BCUT2D eigenvalue weighted by molar-refractivity contribution is 6.05. The number of aryl methyl sites for hydroxylation is 1. The highest BCUT2D eigenvalue weighted by Gasteiger charge is 2.29. The maximum atomic E-state index is 12.1. The van der Waals surface area contributed by atoms with E-state index in [4.69, 9.17) is 9.26 Å². The molecule has 0 saturated carbocycles. The lowest BCUT2D eigenvalue weighted by molar-refractivity contribution is 0.0969. The lowest BCUT2D eigenvalue weighted by Crippen LogP contribution is -2.10. The van der Waals surface area contributed by atoms with Crippen LogP contribution >= 0.6 is 0 Å². The lowest BCUT2D eigenvalue weighted by atomic mass is 9.91. The summed E-state index contributed by atoms with van der Waals surface area (Å²) in [5.41, 5.74) is 1.84. The Hall–Kier alpha value is -2.43. The number of aldehydes is 1. The van der Waals surface area contributed by atoms with Crippen LogP contribution in [0.5, 0.6) is 5.75 Å². The van der Waals surface area contributed by atoms with Crippen molar-refractivity contribution in [2.45, 2.75) is 19.3 Å². The SMILES string of the molecule is COc1cccc(C=O)c1-c1noc2c1C(=O)CCC2. The molecule has 5 heteroatoms. The Labute approximate surface area is 115 Å². The molecule has 0 spiro atoms. The van der Waals surface area contributed by atoms with E-state index >= 15 is 0 Å². The smallest absolute Gasteiger partial charge is 0.168 e. The molecule has 1 aliphatic carbocycles. The second-order valence-electron chi connectivity index (χ2n) is 4.65. The van der Waals surface area contributed by atoms with E-state index in [2.05, 4.69) is 5.16 Å². The largest absolute Gasteiger partial charge is 0.496 e. The summed E-state index contributed by atoms with van der Waals surface area (Å²) < 4.78 is 10.6. The Morgan fingerprint density at radius 2 is 2.15 bits per heavy atom. The van der Waals surface area contributed by atoms with Crippen LogP contribution in [0.25, 0.3) is 11.3 Å². The summed E-state index contributed by atoms with van der Waals surface area (Å²) in [5, 5.41) is 4.00. The summed E-state index contributed by atoms with van der Waals surface area (Å²) in [6.45, 7) is 0. The number of aromatic nitrogens is 1. The molecule has 1 aliphatic rings. The van der Waals surface area contributed by atoms with Gasteiger partial charge in [-0.2, -0.15) is 0 Å². The summed E-state index contributed by atoms with van der Waals surface area (Å²) in [5.74, 6) is 1.10. The van der Waals surface area contributed by atoms with E-state index < -0.39 is 0 Å². The fourth-order valence-corrected chi connectivity index (χ4v) is 2.56. The third kappa shape index (κ3) is 1.82. The molecular weight excluding hydrogens is 258 g/mol. The minimum absolute atomic E-state index is 0.00487. The number of methoxy groups -OCH3 is 1. The van der Waals surface area contributed by atoms with Crippen LogP contribution < -0.4 is 4.74 Å². The molecule has 20 heavy (non-hydrogen) atoms. The lowest BCUT2D eigenvalue weighted by Gasteiger charge is -2.11. The minimum atomic E-state index is 0.00487. The first kappa shape index (κ1) is 12.6. The number of Topliss-reactive ketones (excluding diaryl/α,β-unsaturated/α-hetero) is 1. The van der Waals surface area contributed by atoms with Crippen molar-refractivity contribution < 1.29 is 18.8 Å². The van der Waals surface area contributed by atoms with E-state index in [1.54, 1.807) is 18.2 Å². The first-order valence-electron chi connectivity index (χ1n) is 6.40. The Bertz CT molecular complexity index is 687. The maximum Gasteiger partial charge on any atom is 0.168 e. The molecule has 1 aromatic heterocycles. The molecule has 1 aromatic carbocycles. The molecule has 0 radical (unpaired) electrons. The van der Waals surface area contributed by atoms with Crippen LogP contribution in [0.4, 0.5) is 0 Å². The van der Waals surface area contributed by atoms with Gasteiger partial charge < -0.3 is 9.26 Å². The van der Waals surface area contributed by atoms with Crippen LogP contribution in [0.15, 0.2) is 22.7 Å². The quantitative estimate of drug-likeness (QED) is 0.803. The first-order valence-corrected chi connectivity index (χ1v) is 6.40. The molecule has 102 valence electrons. The molecule has 0 N–H and O–H groups in total. The van der Waals surface area contributed by atoms with Crippen LogP contribution in [-0.2, 0) is 6.42 Å². The molecule has 3 rings (SSSR count). The topological polar surface area (TPSA) is 69.4 Å². The van der Waals surface area contributed by atoms with Crippen molar-refractivity contribution in [3.63, 3.8) is 0 Å². The van der Waals surface area contributed by atoms with Gasteiger partial charge in [-0.1, -0.05) is 17.3 Å². The van der Waals surface area contributed by atoms with Crippen molar-refractivity contribution in [1.82, 2.24) is 5.16 Å². The van der Waals surface area contributed by atoms with Crippen LogP contribution in [-0.4, -0.2) is 24.3 Å². The molecule has 0 bridgehead atoms. The standard InChI is InChI=1S/C15H13NO4/c1-19-11-6-2-4-9(8-17)13(11)15-14-10(18)5-3-7-12(14)20-16-15/h2,4,6,8H,3,5,7H2,1H3. The third-order valence-corrected chi connectivity index (χ3v) is 3.49. The van der Waals surface area contributed by atoms with Crippen molar-refractivity contribution in [2.24, 2.45) is 0 Å². The van der Waals surface area contributed by atoms with E-state index in [0.717, 1.165) is 12.7 Å². The Morgan fingerprint density at radius 1 is 1.30 bits per heavy atom. The molecule has 0 aliphatic heterocycles. The number of hydrogen-bond acceptors (Lipinski definition) is 5. The van der Waals surface area contributed by atoms with Crippen molar-refractivity contribution in [3.8, 4) is 17.0 Å². The van der Waals surface area contributed by atoms with Crippen molar-refractivity contribution >= 4 is 12.1 Å². The van der Waals surface area contributed by atoms with Crippen LogP contribution in [0, 0.1) is 0 Å². The summed E-state index contributed by atoms with van der Waals surface area (Å²) in [4.78, 5) is 23.4. The molecule has 1 heterocycles. The number of ether oxygens (including phenoxy) is 1. The summed E-state index contributed by atoms with van der Waals surface area (Å²) in [6.07, 6.45) is 2.67. The number of benzene rings is 1. The van der Waals surface area contributed by atoms with E-state index in [1.165, 1.54) is 7.11 Å². The maximum absolute atomic E-state index is 12.1. The summed E-state index contributed by atoms with van der Waals surface area (Å²) in [6, 6.07) is 5.12. The van der Waals surface area contributed by atoms with Gasteiger partial charge in [-0.15, -0.1) is 0 Å². The number of ketones is 1. The first-order chi connectivity index (χ1) is 9.76. The van der Waals surface area contributed by atoms with Crippen LogP contribution in [0.1, 0.15) is 39.3 Å². The molecule has 0 unspecified atom stereocenters. The van der Waals surface area contributed by atoms with Gasteiger partial charge in [0.15, 0.2) is 12.1 Å². The number of fused-ring (bicyclic) bond motifs is 1. The van der Waals surface area contributed by atoms with E-state index in [0.29, 0.717) is 46.7 Å². The van der Waals surface area contributed by atoms with Gasteiger partial charge in [0.25, 0.3) is 0 Å². The minimum Gasteiger partial charge on any atom is -0.496 e. The highest BCUT2D eigenvalue weighted by Crippen LogP contribution is 2.37. The number of nitrogens with zero attached hydrogens (tertiary/aromatic N) is 1. The summed E-state index contributed by atoms with van der Waals surface area (Å²) in [7, 11) is 1.52. The molecule has 5 nitrogen and oxygen atoms in total. The van der Waals surface area contributed by atoms with Crippen LogP contribution in [0.3, 0.4) is 0 Å². The molecule has 2 aromatic rings. The van der Waals surface area contributed by atoms with Gasteiger partial charge >= 0.3 is 0 Å². The second-order valence-corrected chi connectivity index (χ2v) is 4.65. The van der Waals surface area contributed by atoms with Gasteiger partial charge in [0, 0.05) is 18.4 Å². The van der Waals surface area contributed by atoms with Gasteiger partial charge in [-0.3, -0.25) is 9.59 Å². The number of carbonyl (C=O) groups excluding carboxylic acids is 2. The average Bonchev–Trinajstić information content (AvgIpc) is 2.91. The molecule has 0 fully saturated rings. The van der Waals surface area contributed by atoms with Gasteiger partial charge in [0.1, 0.15) is 17.2 Å². The predicted molar refractivity (Wildman–Crippen MR) is 71.1 cm³/mol. The predicted octanol–water partition coefficient (Wildman–Crippen LogP) is 2.68. The average molecular weight is 271 g/mol. The highest BCUT2D eigenvalue weighted by atomic mass is 16.5. The normalized spacial score (nSPS) is 13.9. The zero-order chi connectivity index (χ0) is 14.1. The monoisotopic (exact) mass is 271 g/mol. The number of carbonyl (C=O) groups is 2. The van der Waals surface area contributed by atoms with Crippen molar-refractivity contribution in [3.05, 3.63) is 35.1 Å². The van der Waals surface area contributed by atoms with Crippen LogP contribution in [0.2, 0.25) is 0 Å². The van der Waals surface area contributed by atoms with Gasteiger partial charge in [0.2, 0.25) is 0 Å². The van der Waals surface area contributed by atoms with Gasteiger partial charge in [0.05, 0.1) is 18.2 Å². The Balaban J connectivity index is 2.27.